The summed E-state index contributed by atoms with van der Waals surface area (Å²) in [5, 5.41) is 20.4. The normalized spacial score (nSPS) is 10.2. The van der Waals surface area contributed by atoms with E-state index in [2.05, 4.69) is 20.3 Å². The lowest BCUT2D eigenvalue weighted by atomic mass is 10.1. The van der Waals surface area contributed by atoms with Crippen molar-refractivity contribution in [2.45, 2.75) is 0 Å². The van der Waals surface area contributed by atoms with Crippen LogP contribution in [0.1, 0.15) is 5.56 Å². The second kappa shape index (κ2) is 4.94. The summed E-state index contributed by atoms with van der Waals surface area (Å²) in [5.41, 5.74) is 7.81. The minimum atomic E-state index is -0.175. The first-order valence-electron chi connectivity index (χ1n) is 6.12. The number of H-pyrrole nitrogens is 1. The third-order valence-corrected chi connectivity index (χ3v) is 3.05. The fraction of sp³-hybridized carbons (Fsp3) is 0. The summed E-state index contributed by atoms with van der Waals surface area (Å²) in [6.45, 7) is 0. The molecule has 0 aliphatic rings. The van der Waals surface area contributed by atoms with E-state index in [1.807, 2.05) is 6.07 Å². The molecule has 0 unspecified atom stereocenters. The van der Waals surface area contributed by atoms with Crippen LogP contribution in [0.5, 0.6) is 0 Å². The fourth-order valence-electron chi connectivity index (χ4n) is 2.02. The SMILES string of the molecule is N#CC(=N)c1cc(Nc2ncnc3[nH]ccc23)ccc1N. The molecule has 0 spiro atoms. The Balaban J connectivity index is 2.01. The molecule has 0 atom stereocenters. The summed E-state index contributed by atoms with van der Waals surface area (Å²) in [5.74, 6) is 0.639. The van der Waals surface area contributed by atoms with Crippen LogP contribution in [0.3, 0.4) is 0 Å². The third-order valence-electron chi connectivity index (χ3n) is 3.05. The maximum atomic E-state index is 8.83. The molecule has 5 N–H and O–H groups in total. The molecule has 0 fully saturated rings. The minimum absolute atomic E-state index is 0.175. The van der Waals surface area contributed by atoms with Crippen molar-refractivity contribution in [1.29, 1.82) is 10.7 Å². The number of fused-ring (bicyclic) bond motifs is 1. The van der Waals surface area contributed by atoms with Crippen LogP contribution < -0.4 is 11.1 Å². The summed E-state index contributed by atoms with van der Waals surface area (Å²) in [6.07, 6.45) is 3.24. The molecule has 2 aromatic heterocycles. The highest BCUT2D eigenvalue weighted by Gasteiger charge is 2.09. The van der Waals surface area contributed by atoms with E-state index in [0.29, 0.717) is 22.8 Å². The van der Waals surface area contributed by atoms with Crippen molar-refractivity contribution in [2.24, 2.45) is 0 Å². The number of benzene rings is 1. The van der Waals surface area contributed by atoms with E-state index >= 15 is 0 Å². The topological polar surface area (TPSA) is 127 Å². The Morgan fingerprint density at radius 3 is 3.00 bits per heavy atom. The Morgan fingerprint density at radius 2 is 2.19 bits per heavy atom. The first-order chi connectivity index (χ1) is 10.2. The summed E-state index contributed by atoms with van der Waals surface area (Å²) >= 11 is 0. The largest absolute Gasteiger partial charge is 0.398 e. The van der Waals surface area contributed by atoms with Crippen LogP contribution in [-0.4, -0.2) is 20.7 Å². The van der Waals surface area contributed by atoms with E-state index in [-0.39, 0.29) is 5.71 Å². The number of hydrogen-bond donors (Lipinski definition) is 4. The van der Waals surface area contributed by atoms with E-state index < -0.39 is 0 Å². The predicted octanol–water partition coefficient (Wildman–Crippen LogP) is 2.18. The van der Waals surface area contributed by atoms with Gasteiger partial charge in [0.05, 0.1) is 5.39 Å². The molecule has 1 aromatic carbocycles. The van der Waals surface area contributed by atoms with E-state index in [1.165, 1.54) is 6.33 Å². The average molecular weight is 277 g/mol. The monoisotopic (exact) mass is 277 g/mol. The van der Waals surface area contributed by atoms with E-state index in [0.717, 1.165) is 11.0 Å². The molecule has 0 bridgehead atoms. The van der Waals surface area contributed by atoms with Gasteiger partial charge in [0.15, 0.2) is 0 Å². The minimum Gasteiger partial charge on any atom is -0.398 e. The fourth-order valence-corrected chi connectivity index (χ4v) is 2.02. The zero-order valence-electron chi connectivity index (χ0n) is 10.9. The molecular weight excluding hydrogens is 266 g/mol. The maximum absolute atomic E-state index is 8.83. The van der Waals surface area contributed by atoms with Crippen molar-refractivity contribution < 1.29 is 0 Å². The highest BCUT2D eigenvalue weighted by Crippen LogP contribution is 2.24. The van der Waals surface area contributed by atoms with Crippen molar-refractivity contribution in [3.05, 3.63) is 42.4 Å². The van der Waals surface area contributed by atoms with Crippen molar-refractivity contribution >= 4 is 33.9 Å². The van der Waals surface area contributed by atoms with Crippen molar-refractivity contribution in [3.63, 3.8) is 0 Å². The van der Waals surface area contributed by atoms with Gasteiger partial charge in [-0.25, -0.2) is 9.97 Å². The molecule has 7 heteroatoms. The van der Waals surface area contributed by atoms with Gasteiger partial charge in [0, 0.05) is 23.1 Å². The number of nitriles is 1. The van der Waals surface area contributed by atoms with Gasteiger partial charge in [-0.05, 0) is 24.3 Å². The van der Waals surface area contributed by atoms with Gasteiger partial charge < -0.3 is 16.0 Å². The van der Waals surface area contributed by atoms with E-state index in [9.17, 15) is 0 Å². The molecule has 0 aliphatic heterocycles. The number of aromatic nitrogens is 3. The highest BCUT2D eigenvalue weighted by atomic mass is 15.0. The smallest absolute Gasteiger partial charge is 0.143 e. The molecule has 3 rings (SSSR count). The number of nitrogens with one attached hydrogen (secondary N) is 3. The number of hydrogen-bond acceptors (Lipinski definition) is 6. The van der Waals surface area contributed by atoms with Crippen LogP contribution in [0.4, 0.5) is 17.2 Å². The van der Waals surface area contributed by atoms with Gasteiger partial charge in [-0.15, -0.1) is 0 Å². The van der Waals surface area contributed by atoms with Crippen molar-refractivity contribution in [3.8, 4) is 6.07 Å². The quantitative estimate of drug-likeness (QED) is 0.431. The van der Waals surface area contributed by atoms with Crippen LogP contribution >= 0.6 is 0 Å². The average Bonchev–Trinajstić information content (AvgIpc) is 2.98. The standard InChI is InChI=1S/C14H11N7/c15-6-12(17)10-5-8(1-2-11(10)16)21-14-9-3-4-18-13(9)19-7-20-14/h1-5,7,17H,16H2,(H2,18,19,20,21). The first kappa shape index (κ1) is 12.6. The lowest BCUT2D eigenvalue weighted by Gasteiger charge is -2.09. The molecule has 0 aliphatic carbocycles. The number of nitrogens with two attached hydrogens (primary N) is 1. The number of rotatable bonds is 3. The summed E-state index contributed by atoms with van der Waals surface area (Å²) in [4.78, 5) is 11.3. The van der Waals surface area contributed by atoms with Crippen molar-refractivity contribution in [1.82, 2.24) is 15.0 Å². The molecule has 0 amide bonds. The first-order valence-corrected chi connectivity index (χ1v) is 6.12. The molecule has 2 heterocycles. The second-order valence-electron chi connectivity index (χ2n) is 4.38. The van der Waals surface area contributed by atoms with Gasteiger partial charge in [-0.1, -0.05) is 0 Å². The van der Waals surface area contributed by atoms with Crippen LogP contribution in [0.15, 0.2) is 36.8 Å². The maximum Gasteiger partial charge on any atom is 0.143 e. The molecule has 0 saturated heterocycles. The zero-order valence-corrected chi connectivity index (χ0v) is 10.9. The van der Waals surface area contributed by atoms with Gasteiger partial charge in [0.2, 0.25) is 0 Å². The second-order valence-corrected chi connectivity index (χ2v) is 4.38. The van der Waals surface area contributed by atoms with Gasteiger partial charge in [0.1, 0.15) is 29.6 Å². The van der Waals surface area contributed by atoms with Gasteiger partial charge in [0.25, 0.3) is 0 Å². The van der Waals surface area contributed by atoms with E-state index in [4.69, 9.17) is 16.4 Å². The van der Waals surface area contributed by atoms with Crippen LogP contribution in [0, 0.1) is 16.7 Å². The summed E-state index contributed by atoms with van der Waals surface area (Å²) < 4.78 is 0. The molecule has 21 heavy (non-hydrogen) atoms. The molecule has 102 valence electrons. The lowest BCUT2D eigenvalue weighted by molar-refractivity contribution is 1.20. The van der Waals surface area contributed by atoms with Crippen LogP contribution in [0.2, 0.25) is 0 Å². The number of nitrogen functional groups attached to an aromatic ring is 1. The van der Waals surface area contributed by atoms with Crippen molar-refractivity contribution in [2.75, 3.05) is 11.1 Å². The molecular formula is C14H11N7. The molecule has 0 radical (unpaired) electrons. The Kier molecular flexibility index (Phi) is 2.97. The highest BCUT2D eigenvalue weighted by molar-refractivity contribution is 6.13. The molecule has 7 nitrogen and oxygen atoms in total. The number of aromatic amines is 1. The van der Waals surface area contributed by atoms with Crippen LogP contribution in [0.25, 0.3) is 11.0 Å². The van der Waals surface area contributed by atoms with Crippen LogP contribution in [-0.2, 0) is 0 Å². The summed E-state index contributed by atoms with van der Waals surface area (Å²) in [7, 11) is 0. The Morgan fingerprint density at radius 1 is 1.33 bits per heavy atom. The lowest BCUT2D eigenvalue weighted by Crippen LogP contribution is -2.03. The summed E-state index contributed by atoms with van der Waals surface area (Å²) in [6, 6.07) is 8.73. The zero-order chi connectivity index (χ0) is 14.8. The predicted molar refractivity (Wildman–Crippen MR) is 80.5 cm³/mol. The van der Waals surface area contributed by atoms with Gasteiger partial charge in [-0.2, -0.15) is 5.26 Å². The molecule has 3 aromatic rings. The Labute approximate surface area is 120 Å². The Hall–Kier alpha value is -3.40. The Bertz CT molecular complexity index is 872. The number of nitrogens with zero attached hydrogens (tertiary/aromatic N) is 3. The van der Waals surface area contributed by atoms with Gasteiger partial charge in [-0.3, -0.25) is 5.41 Å². The number of anilines is 3. The molecule has 0 saturated carbocycles. The van der Waals surface area contributed by atoms with E-state index in [1.54, 1.807) is 30.5 Å². The third kappa shape index (κ3) is 2.26. The van der Waals surface area contributed by atoms with Gasteiger partial charge >= 0.3 is 0 Å².